The van der Waals surface area contributed by atoms with Crippen LogP contribution in [0.15, 0.2) is 107 Å². The molecule has 0 spiro atoms. The van der Waals surface area contributed by atoms with Gasteiger partial charge in [0.15, 0.2) is 5.82 Å². The van der Waals surface area contributed by atoms with E-state index in [4.69, 9.17) is 19.6 Å². The molecule has 0 fully saturated rings. The van der Waals surface area contributed by atoms with Crippen molar-refractivity contribution in [3.05, 3.63) is 133 Å². The maximum atomic E-state index is 13.8. The molecule has 6 rings (SSSR count). The second-order valence-electron chi connectivity index (χ2n) is 11.0. The van der Waals surface area contributed by atoms with Crippen LogP contribution in [0.25, 0.3) is 33.1 Å². The Labute approximate surface area is 270 Å². The molecule has 5 aromatic carbocycles. The summed E-state index contributed by atoms with van der Waals surface area (Å²) in [6, 6.07) is 31.9. The van der Waals surface area contributed by atoms with Crippen LogP contribution in [0.3, 0.4) is 0 Å². The summed E-state index contributed by atoms with van der Waals surface area (Å²) >= 11 is 2.28. The maximum absolute atomic E-state index is 13.8. The Balaban J connectivity index is 1.35. The van der Waals surface area contributed by atoms with Crippen LogP contribution in [-0.4, -0.2) is 23.0 Å². The molecule has 0 aliphatic carbocycles. The van der Waals surface area contributed by atoms with Gasteiger partial charge >= 0.3 is 0 Å². The summed E-state index contributed by atoms with van der Waals surface area (Å²) in [6.45, 7) is 6.70. The van der Waals surface area contributed by atoms with Gasteiger partial charge in [0.2, 0.25) is 0 Å². The standard InChI is InChI=1S/C37H32IN3O3/c1-23(2)30-20-31(24(3)18-35(30)43-4)36-40-33-15-8-7-14-29(33)37(42)41(36)39-21-25-16-17-34(32(38)19-25)44-22-27-12-9-11-26-10-5-6-13-28(26)27/h5-21,23H,22H2,1-4H3. The highest BCUT2D eigenvalue weighted by molar-refractivity contribution is 14.1. The minimum atomic E-state index is -0.229. The van der Waals surface area contributed by atoms with Crippen LogP contribution in [-0.2, 0) is 6.61 Å². The Kier molecular flexibility index (Phi) is 8.48. The summed E-state index contributed by atoms with van der Waals surface area (Å²) in [5, 5.41) is 7.59. The Morgan fingerprint density at radius 2 is 1.66 bits per heavy atom. The zero-order valence-corrected chi connectivity index (χ0v) is 27.2. The third-order valence-corrected chi connectivity index (χ3v) is 8.58. The molecule has 220 valence electrons. The fourth-order valence-corrected chi connectivity index (χ4v) is 6.08. The molecule has 0 atom stereocenters. The van der Waals surface area contributed by atoms with Gasteiger partial charge in [0, 0.05) is 5.56 Å². The molecule has 0 aliphatic rings. The summed E-state index contributed by atoms with van der Waals surface area (Å²) in [4.78, 5) is 18.7. The summed E-state index contributed by atoms with van der Waals surface area (Å²) in [6.07, 6.45) is 1.69. The van der Waals surface area contributed by atoms with Gasteiger partial charge in [-0.2, -0.15) is 9.78 Å². The van der Waals surface area contributed by atoms with Gasteiger partial charge in [0.25, 0.3) is 5.56 Å². The van der Waals surface area contributed by atoms with Crippen molar-refractivity contribution in [2.75, 3.05) is 7.11 Å². The molecular formula is C37H32IN3O3. The fourth-order valence-electron chi connectivity index (χ4n) is 5.38. The smallest absolute Gasteiger partial charge is 0.282 e. The van der Waals surface area contributed by atoms with E-state index in [9.17, 15) is 4.79 Å². The number of rotatable bonds is 8. The molecule has 6 nitrogen and oxygen atoms in total. The van der Waals surface area contributed by atoms with Crippen molar-refractivity contribution in [2.24, 2.45) is 5.10 Å². The monoisotopic (exact) mass is 693 g/mol. The van der Waals surface area contributed by atoms with Crippen LogP contribution in [0.1, 0.15) is 42.0 Å². The number of nitrogens with zero attached hydrogens (tertiary/aromatic N) is 3. The lowest BCUT2D eigenvalue weighted by atomic mass is 9.96. The highest BCUT2D eigenvalue weighted by Crippen LogP contribution is 2.34. The van der Waals surface area contributed by atoms with Crippen LogP contribution in [0.2, 0.25) is 0 Å². The quantitative estimate of drug-likeness (QED) is 0.118. The summed E-state index contributed by atoms with van der Waals surface area (Å²) in [7, 11) is 1.68. The van der Waals surface area contributed by atoms with E-state index in [1.165, 1.54) is 15.4 Å². The van der Waals surface area contributed by atoms with E-state index in [1.54, 1.807) is 19.4 Å². The predicted molar refractivity (Wildman–Crippen MR) is 187 cm³/mol. The van der Waals surface area contributed by atoms with Crippen LogP contribution in [0, 0.1) is 10.5 Å². The Hall–Kier alpha value is -4.50. The number of aromatic nitrogens is 2. The molecule has 1 aromatic heterocycles. The Bertz CT molecular complexity index is 2090. The molecule has 0 amide bonds. The average Bonchev–Trinajstić information content (AvgIpc) is 3.03. The molecular weight excluding hydrogens is 661 g/mol. The minimum absolute atomic E-state index is 0.219. The molecule has 0 saturated carbocycles. The number of hydrogen-bond acceptors (Lipinski definition) is 5. The van der Waals surface area contributed by atoms with Gasteiger partial charge in [0.05, 0.1) is 27.8 Å². The number of benzene rings is 5. The topological polar surface area (TPSA) is 65.7 Å². The molecule has 7 heteroatoms. The van der Waals surface area contributed by atoms with Crippen molar-refractivity contribution >= 4 is 50.5 Å². The van der Waals surface area contributed by atoms with E-state index >= 15 is 0 Å². The Morgan fingerprint density at radius 3 is 2.43 bits per heavy atom. The van der Waals surface area contributed by atoms with Crippen LogP contribution in [0.4, 0.5) is 0 Å². The van der Waals surface area contributed by atoms with E-state index in [-0.39, 0.29) is 11.5 Å². The third-order valence-electron chi connectivity index (χ3n) is 7.73. The fraction of sp³-hybridized carbons (Fsp3) is 0.162. The van der Waals surface area contributed by atoms with Gasteiger partial charge < -0.3 is 9.47 Å². The maximum Gasteiger partial charge on any atom is 0.282 e. The third kappa shape index (κ3) is 5.84. The second kappa shape index (κ2) is 12.6. The number of methoxy groups -OCH3 is 1. The summed E-state index contributed by atoms with van der Waals surface area (Å²) in [5.41, 5.74) is 5.19. The SMILES string of the molecule is COc1cc(C)c(-c2nc3ccccc3c(=O)n2N=Cc2ccc(OCc3cccc4ccccc34)c(I)c2)cc1C(C)C. The molecule has 0 aliphatic heterocycles. The van der Waals surface area contributed by atoms with Crippen LogP contribution >= 0.6 is 22.6 Å². The lowest BCUT2D eigenvalue weighted by Gasteiger charge is -2.17. The van der Waals surface area contributed by atoms with Gasteiger partial charge in [-0.15, -0.1) is 0 Å². The summed E-state index contributed by atoms with van der Waals surface area (Å²) < 4.78 is 14.2. The van der Waals surface area contributed by atoms with Gasteiger partial charge in [-0.25, -0.2) is 4.98 Å². The lowest BCUT2D eigenvalue weighted by Crippen LogP contribution is -2.20. The van der Waals surface area contributed by atoms with Crippen molar-refractivity contribution in [1.29, 1.82) is 0 Å². The first-order valence-electron chi connectivity index (χ1n) is 14.5. The Morgan fingerprint density at radius 1 is 0.909 bits per heavy atom. The molecule has 0 bridgehead atoms. The van der Waals surface area contributed by atoms with E-state index in [0.717, 1.165) is 42.9 Å². The van der Waals surface area contributed by atoms with Gasteiger partial charge in [-0.3, -0.25) is 4.79 Å². The van der Waals surface area contributed by atoms with E-state index in [1.807, 2.05) is 61.5 Å². The number of hydrogen-bond donors (Lipinski definition) is 0. The highest BCUT2D eigenvalue weighted by Gasteiger charge is 2.18. The number of fused-ring (bicyclic) bond motifs is 2. The summed E-state index contributed by atoms with van der Waals surface area (Å²) in [5.74, 6) is 2.31. The van der Waals surface area contributed by atoms with Crippen molar-refractivity contribution < 1.29 is 9.47 Å². The normalized spacial score (nSPS) is 11.6. The van der Waals surface area contributed by atoms with Crippen molar-refractivity contribution in [1.82, 2.24) is 9.66 Å². The average molecular weight is 694 g/mol. The predicted octanol–water partition coefficient (Wildman–Crippen LogP) is 8.72. The number of para-hydroxylation sites is 1. The minimum Gasteiger partial charge on any atom is -0.496 e. The van der Waals surface area contributed by atoms with Crippen molar-refractivity contribution in [3.63, 3.8) is 0 Å². The molecule has 1 heterocycles. The molecule has 0 N–H and O–H groups in total. The number of ether oxygens (including phenoxy) is 2. The first-order valence-corrected chi connectivity index (χ1v) is 15.6. The number of aryl methyl sites for hydroxylation is 1. The second-order valence-corrected chi connectivity index (χ2v) is 12.2. The van der Waals surface area contributed by atoms with Crippen molar-refractivity contribution in [2.45, 2.75) is 33.3 Å². The zero-order chi connectivity index (χ0) is 30.8. The first-order chi connectivity index (χ1) is 21.3. The van der Waals surface area contributed by atoms with E-state index in [2.05, 4.69) is 72.8 Å². The molecule has 6 aromatic rings. The van der Waals surface area contributed by atoms with Gasteiger partial charge in [-0.1, -0.05) is 68.4 Å². The van der Waals surface area contributed by atoms with E-state index in [0.29, 0.717) is 23.3 Å². The molecule has 0 unspecified atom stereocenters. The molecule has 0 saturated heterocycles. The zero-order valence-electron chi connectivity index (χ0n) is 25.0. The number of halogens is 1. The first kappa shape index (κ1) is 29.6. The molecule has 44 heavy (non-hydrogen) atoms. The molecule has 0 radical (unpaired) electrons. The van der Waals surface area contributed by atoms with Gasteiger partial charge in [-0.05, 0) is 111 Å². The van der Waals surface area contributed by atoms with Gasteiger partial charge in [0.1, 0.15) is 18.1 Å². The largest absolute Gasteiger partial charge is 0.496 e. The van der Waals surface area contributed by atoms with Crippen LogP contribution in [0.5, 0.6) is 11.5 Å². The lowest BCUT2D eigenvalue weighted by molar-refractivity contribution is 0.305. The van der Waals surface area contributed by atoms with Crippen LogP contribution < -0.4 is 15.0 Å². The highest BCUT2D eigenvalue weighted by atomic mass is 127. The van der Waals surface area contributed by atoms with Crippen molar-refractivity contribution in [3.8, 4) is 22.9 Å². The van der Waals surface area contributed by atoms with E-state index < -0.39 is 0 Å².